The molecular formula is C37H44N6O5. The van der Waals surface area contributed by atoms with Gasteiger partial charge in [-0.05, 0) is 102 Å². The van der Waals surface area contributed by atoms with E-state index in [-0.39, 0.29) is 24.3 Å². The first-order valence-electron chi connectivity index (χ1n) is 16.8. The van der Waals surface area contributed by atoms with Crippen LogP contribution >= 0.6 is 0 Å². The first-order valence-corrected chi connectivity index (χ1v) is 16.8. The summed E-state index contributed by atoms with van der Waals surface area (Å²) in [6.45, 7) is 13.0. The Morgan fingerprint density at radius 3 is 1.77 bits per heavy atom. The minimum atomic E-state index is -0.549. The van der Waals surface area contributed by atoms with Crippen LogP contribution in [0, 0.1) is 0 Å². The fourth-order valence-electron chi connectivity index (χ4n) is 6.82. The van der Waals surface area contributed by atoms with Crippen LogP contribution in [0.1, 0.15) is 96.5 Å². The zero-order valence-electron chi connectivity index (χ0n) is 28.6. The van der Waals surface area contributed by atoms with Crippen LogP contribution in [0.25, 0.3) is 33.6 Å². The number of imidazole rings is 2. The van der Waals surface area contributed by atoms with E-state index in [9.17, 15) is 9.59 Å². The number of amides is 2. The summed E-state index contributed by atoms with van der Waals surface area (Å²) in [4.78, 5) is 45.5. The lowest BCUT2D eigenvalue weighted by Gasteiger charge is -2.27. The van der Waals surface area contributed by atoms with Crippen LogP contribution in [-0.4, -0.2) is 66.2 Å². The lowest BCUT2D eigenvalue weighted by atomic mass is 9.93. The van der Waals surface area contributed by atoms with E-state index in [2.05, 4.69) is 50.3 Å². The van der Waals surface area contributed by atoms with Gasteiger partial charge >= 0.3 is 12.2 Å². The molecule has 3 aliphatic heterocycles. The maximum Gasteiger partial charge on any atom is 0.410 e. The third-order valence-corrected chi connectivity index (χ3v) is 8.97. The Morgan fingerprint density at radius 2 is 1.25 bits per heavy atom. The SMILES string of the molecule is CC(C)(C)OC(=O)N1CCCC1c1ncc(-c2ccc3c(c2)COc2cc(-c4cnc(C5CCCN5C(=O)OC(C)(C)C)[nH]4)ccc2-3)[nH]1. The zero-order chi connectivity index (χ0) is 33.8. The van der Waals surface area contributed by atoms with E-state index in [0.29, 0.717) is 19.7 Å². The molecule has 7 rings (SSSR count). The molecule has 2 N–H and O–H groups in total. The van der Waals surface area contributed by atoms with Crippen LogP contribution in [-0.2, 0) is 16.1 Å². The summed E-state index contributed by atoms with van der Waals surface area (Å²) in [6.07, 6.45) is 6.54. The van der Waals surface area contributed by atoms with Gasteiger partial charge in [0.25, 0.3) is 0 Å². The second-order valence-corrected chi connectivity index (χ2v) is 14.9. The normalized spacial score (nSPS) is 19.1. The number of fused-ring (bicyclic) bond motifs is 3. The Balaban J connectivity index is 1.07. The first kappa shape index (κ1) is 31.8. The Kier molecular flexibility index (Phi) is 7.96. The monoisotopic (exact) mass is 652 g/mol. The number of rotatable bonds is 4. The van der Waals surface area contributed by atoms with Crippen molar-refractivity contribution in [2.45, 2.75) is 97.1 Å². The van der Waals surface area contributed by atoms with Gasteiger partial charge < -0.3 is 24.2 Å². The fourth-order valence-corrected chi connectivity index (χ4v) is 6.82. The Morgan fingerprint density at radius 1 is 0.750 bits per heavy atom. The van der Waals surface area contributed by atoms with Crippen LogP contribution < -0.4 is 4.74 Å². The topological polar surface area (TPSA) is 126 Å². The number of benzene rings is 2. The number of nitrogens with one attached hydrogen (secondary N) is 2. The fraction of sp³-hybridized carbons (Fsp3) is 0.459. The van der Waals surface area contributed by atoms with Crippen molar-refractivity contribution in [1.82, 2.24) is 29.7 Å². The van der Waals surface area contributed by atoms with Gasteiger partial charge in [-0.2, -0.15) is 0 Å². The van der Waals surface area contributed by atoms with Gasteiger partial charge in [-0.15, -0.1) is 0 Å². The van der Waals surface area contributed by atoms with Gasteiger partial charge in [-0.1, -0.05) is 18.2 Å². The average Bonchev–Trinajstić information content (AvgIpc) is 3.84. The number of hydrogen-bond donors (Lipinski definition) is 2. The highest BCUT2D eigenvalue weighted by Gasteiger charge is 2.36. The van der Waals surface area contributed by atoms with E-state index in [0.717, 1.165) is 82.3 Å². The molecule has 0 spiro atoms. The van der Waals surface area contributed by atoms with Gasteiger partial charge in [0, 0.05) is 24.2 Å². The van der Waals surface area contributed by atoms with E-state index in [4.69, 9.17) is 14.2 Å². The predicted octanol–water partition coefficient (Wildman–Crippen LogP) is 8.17. The molecule has 11 nitrogen and oxygen atoms in total. The molecule has 0 saturated carbocycles. The molecule has 2 fully saturated rings. The highest BCUT2D eigenvalue weighted by atomic mass is 16.6. The van der Waals surface area contributed by atoms with Crippen molar-refractivity contribution in [3.8, 4) is 39.4 Å². The third kappa shape index (κ3) is 6.37. The second-order valence-electron chi connectivity index (χ2n) is 14.9. The van der Waals surface area contributed by atoms with Gasteiger partial charge in [-0.25, -0.2) is 19.6 Å². The molecule has 0 aliphatic carbocycles. The third-order valence-electron chi connectivity index (χ3n) is 8.97. The van der Waals surface area contributed by atoms with E-state index >= 15 is 0 Å². The van der Waals surface area contributed by atoms with Crippen LogP contribution in [0.15, 0.2) is 48.8 Å². The number of carbonyl (C=O) groups is 2. The van der Waals surface area contributed by atoms with Crippen molar-refractivity contribution in [2.75, 3.05) is 13.1 Å². The molecule has 2 saturated heterocycles. The summed E-state index contributed by atoms with van der Waals surface area (Å²) in [6, 6.07) is 12.3. The summed E-state index contributed by atoms with van der Waals surface area (Å²) in [5.41, 5.74) is 5.89. The quantitative estimate of drug-likeness (QED) is 0.228. The molecule has 48 heavy (non-hydrogen) atoms. The highest BCUT2D eigenvalue weighted by Crippen LogP contribution is 2.42. The lowest BCUT2D eigenvalue weighted by Crippen LogP contribution is -2.36. The number of aromatic nitrogens is 4. The minimum absolute atomic E-state index is 0.135. The summed E-state index contributed by atoms with van der Waals surface area (Å²) in [5, 5.41) is 0. The Hall–Kier alpha value is -4.80. The number of ether oxygens (including phenoxy) is 3. The number of hydrogen-bond acceptors (Lipinski definition) is 7. The summed E-state index contributed by atoms with van der Waals surface area (Å²) in [7, 11) is 0. The van der Waals surface area contributed by atoms with Gasteiger partial charge in [0.2, 0.25) is 0 Å². The minimum Gasteiger partial charge on any atom is -0.488 e. The van der Waals surface area contributed by atoms with Crippen molar-refractivity contribution in [3.05, 3.63) is 66.0 Å². The summed E-state index contributed by atoms with van der Waals surface area (Å²) in [5.74, 6) is 2.34. The van der Waals surface area contributed by atoms with E-state index in [1.165, 1.54) is 0 Å². The molecular weight excluding hydrogens is 608 g/mol. The number of carbonyl (C=O) groups excluding carboxylic acids is 2. The van der Waals surface area contributed by atoms with Gasteiger partial charge in [0.15, 0.2) is 0 Å². The number of nitrogens with zero attached hydrogens (tertiary/aromatic N) is 4. The van der Waals surface area contributed by atoms with Crippen molar-refractivity contribution in [2.24, 2.45) is 0 Å². The predicted molar refractivity (Wildman–Crippen MR) is 181 cm³/mol. The number of likely N-dealkylation sites (tertiary alicyclic amines) is 2. The summed E-state index contributed by atoms with van der Waals surface area (Å²) < 4.78 is 17.6. The zero-order valence-corrected chi connectivity index (χ0v) is 28.6. The molecule has 4 aromatic rings. The maximum absolute atomic E-state index is 12.8. The molecule has 2 amide bonds. The summed E-state index contributed by atoms with van der Waals surface area (Å²) >= 11 is 0. The Labute approximate surface area is 281 Å². The molecule has 5 heterocycles. The second kappa shape index (κ2) is 12.0. The Bertz CT molecular complexity index is 1710. The lowest BCUT2D eigenvalue weighted by molar-refractivity contribution is 0.0208. The molecule has 3 aliphatic rings. The van der Waals surface area contributed by atoms with E-state index in [1.54, 1.807) is 9.80 Å². The molecule has 0 bridgehead atoms. The smallest absolute Gasteiger partial charge is 0.410 e. The van der Waals surface area contributed by atoms with Crippen LogP contribution in [0.3, 0.4) is 0 Å². The molecule has 252 valence electrons. The highest BCUT2D eigenvalue weighted by molar-refractivity contribution is 5.80. The molecule has 2 atom stereocenters. The average molecular weight is 653 g/mol. The molecule has 2 aromatic heterocycles. The van der Waals surface area contributed by atoms with Crippen molar-refractivity contribution in [3.63, 3.8) is 0 Å². The van der Waals surface area contributed by atoms with Crippen molar-refractivity contribution < 1.29 is 23.8 Å². The molecule has 11 heteroatoms. The largest absolute Gasteiger partial charge is 0.488 e. The molecule has 2 aromatic carbocycles. The number of aromatic amines is 2. The van der Waals surface area contributed by atoms with E-state index < -0.39 is 11.2 Å². The van der Waals surface area contributed by atoms with Crippen LogP contribution in [0.4, 0.5) is 9.59 Å². The maximum atomic E-state index is 12.8. The standard InChI is InChI=1S/C37H44N6O5/c1-36(2,3)47-34(44)42-15-7-9-29(42)32-38-19-27(40-32)22-11-13-25-24(17-22)21-46-31-18-23(12-14-26(25)31)28-20-39-33(41-28)30-10-8-16-43(30)35(45)48-37(4,5)6/h11-14,17-20,29-30H,7-10,15-16,21H2,1-6H3,(H,38,40)(H,39,41). The molecule has 2 unspecified atom stereocenters. The van der Waals surface area contributed by atoms with Gasteiger partial charge in [-0.3, -0.25) is 9.80 Å². The van der Waals surface area contributed by atoms with Gasteiger partial charge in [0.05, 0.1) is 35.9 Å². The van der Waals surface area contributed by atoms with E-state index in [1.807, 2.05) is 60.0 Å². The van der Waals surface area contributed by atoms with Crippen LogP contribution in [0.2, 0.25) is 0 Å². The molecule has 0 radical (unpaired) electrons. The first-order chi connectivity index (χ1) is 22.8. The van der Waals surface area contributed by atoms with Gasteiger partial charge in [0.1, 0.15) is 35.2 Å². The van der Waals surface area contributed by atoms with Crippen molar-refractivity contribution >= 4 is 12.2 Å². The van der Waals surface area contributed by atoms with Crippen LogP contribution in [0.5, 0.6) is 5.75 Å². The number of H-pyrrole nitrogens is 2. The van der Waals surface area contributed by atoms with Crippen molar-refractivity contribution in [1.29, 1.82) is 0 Å².